The molecule has 0 fully saturated rings. The highest BCUT2D eigenvalue weighted by Crippen LogP contribution is 2.30. The second-order valence-electron chi connectivity index (χ2n) is 6.62. The predicted molar refractivity (Wildman–Crippen MR) is 112 cm³/mol. The third-order valence-electron chi connectivity index (χ3n) is 4.77. The highest BCUT2D eigenvalue weighted by Gasteiger charge is 2.20. The van der Waals surface area contributed by atoms with Gasteiger partial charge in [-0.25, -0.2) is 14.1 Å². The molecule has 4 aromatic rings. The Hall–Kier alpha value is -3.25. The van der Waals surface area contributed by atoms with Crippen LogP contribution in [-0.2, 0) is 6.42 Å². The molecule has 0 saturated heterocycles. The molecule has 0 bridgehead atoms. The highest BCUT2D eigenvalue weighted by atomic mass is 35.5. The molecule has 29 heavy (non-hydrogen) atoms. The summed E-state index contributed by atoms with van der Waals surface area (Å²) in [4.78, 5) is 17.3. The SMILES string of the molecule is CCc1ccccc1NC(=O)c1cnc2c(c(C)nn2-c2ccc(F)cc2)c1Cl. The van der Waals surface area contributed by atoms with Gasteiger partial charge in [0, 0.05) is 11.9 Å². The number of fused-ring (bicyclic) bond motifs is 1. The number of anilines is 1. The first kappa shape index (κ1) is 19.1. The van der Waals surface area contributed by atoms with Crippen LogP contribution in [0.1, 0.15) is 28.5 Å². The van der Waals surface area contributed by atoms with Crippen molar-refractivity contribution in [3.63, 3.8) is 0 Å². The van der Waals surface area contributed by atoms with Gasteiger partial charge in [0.2, 0.25) is 0 Å². The van der Waals surface area contributed by atoms with Gasteiger partial charge in [0.15, 0.2) is 5.65 Å². The van der Waals surface area contributed by atoms with Crippen molar-refractivity contribution in [1.29, 1.82) is 0 Å². The Balaban J connectivity index is 1.76. The lowest BCUT2D eigenvalue weighted by molar-refractivity contribution is 0.102. The van der Waals surface area contributed by atoms with Crippen LogP contribution < -0.4 is 5.32 Å². The lowest BCUT2D eigenvalue weighted by Crippen LogP contribution is -2.14. The third kappa shape index (κ3) is 3.47. The number of pyridine rings is 1. The number of benzene rings is 2. The lowest BCUT2D eigenvalue weighted by atomic mass is 10.1. The number of para-hydroxylation sites is 1. The molecule has 2 aromatic carbocycles. The Morgan fingerprint density at radius 3 is 2.62 bits per heavy atom. The van der Waals surface area contributed by atoms with Crippen LogP contribution in [-0.4, -0.2) is 20.7 Å². The Morgan fingerprint density at radius 1 is 1.17 bits per heavy atom. The van der Waals surface area contributed by atoms with Gasteiger partial charge >= 0.3 is 0 Å². The topological polar surface area (TPSA) is 59.8 Å². The second kappa shape index (κ2) is 7.64. The molecule has 7 heteroatoms. The van der Waals surface area contributed by atoms with Gasteiger partial charge in [-0.05, 0) is 49.2 Å². The molecular weight excluding hydrogens is 391 g/mol. The van der Waals surface area contributed by atoms with Crippen molar-refractivity contribution in [2.24, 2.45) is 0 Å². The van der Waals surface area contributed by atoms with Gasteiger partial charge in [0.25, 0.3) is 5.91 Å². The average Bonchev–Trinajstić information content (AvgIpc) is 3.06. The molecular formula is C22H18ClFN4O. The zero-order chi connectivity index (χ0) is 20.5. The molecule has 0 unspecified atom stereocenters. The summed E-state index contributed by atoms with van der Waals surface area (Å²) in [6.45, 7) is 3.82. The zero-order valence-electron chi connectivity index (χ0n) is 15.9. The molecule has 0 radical (unpaired) electrons. The maximum absolute atomic E-state index is 13.2. The standard InChI is InChI=1S/C22H18ClFN4O/c1-3-14-6-4-5-7-18(14)26-22(29)17-12-25-21-19(20(17)23)13(2)27-28(21)16-10-8-15(24)9-11-16/h4-12H,3H2,1-2H3,(H,26,29). The number of nitrogens with zero attached hydrogens (tertiary/aromatic N) is 3. The normalized spacial score (nSPS) is 11.0. The molecule has 0 aliphatic rings. The quantitative estimate of drug-likeness (QED) is 0.496. The van der Waals surface area contributed by atoms with Crippen LogP contribution in [0.15, 0.2) is 54.7 Å². The minimum absolute atomic E-state index is 0.270. The van der Waals surface area contributed by atoms with Crippen LogP contribution in [0.25, 0.3) is 16.7 Å². The summed E-state index contributed by atoms with van der Waals surface area (Å²) >= 11 is 6.59. The molecule has 2 heterocycles. The summed E-state index contributed by atoms with van der Waals surface area (Å²) in [6.07, 6.45) is 2.24. The molecule has 1 amide bonds. The fraction of sp³-hybridized carbons (Fsp3) is 0.136. The summed E-state index contributed by atoms with van der Waals surface area (Å²) in [5, 5.41) is 8.27. The molecule has 4 rings (SSSR count). The minimum Gasteiger partial charge on any atom is -0.322 e. The largest absolute Gasteiger partial charge is 0.322 e. The van der Waals surface area contributed by atoms with Crippen LogP contribution in [0.3, 0.4) is 0 Å². The number of rotatable bonds is 4. The highest BCUT2D eigenvalue weighted by molar-refractivity contribution is 6.39. The molecule has 146 valence electrons. The third-order valence-corrected chi connectivity index (χ3v) is 5.16. The fourth-order valence-corrected chi connectivity index (χ4v) is 3.63. The minimum atomic E-state index is -0.334. The van der Waals surface area contributed by atoms with Crippen LogP contribution in [0.5, 0.6) is 0 Å². The molecule has 0 saturated carbocycles. The molecule has 0 aliphatic carbocycles. The van der Waals surface area contributed by atoms with Gasteiger partial charge in [-0.2, -0.15) is 5.10 Å². The van der Waals surface area contributed by atoms with Gasteiger partial charge in [-0.15, -0.1) is 0 Å². The molecule has 2 aromatic heterocycles. The van der Waals surface area contributed by atoms with E-state index in [-0.39, 0.29) is 22.3 Å². The van der Waals surface area contributed by atoms with Gasteiger partial charge < -0.3 is 5.32 Å². The average molecular weight is 409 g/mol. The molecule has 1 N–H and O–H groups in total. The molecule has 0 atom stereocenters. The maximum atomic E-state index is 13.2. The van der Waals surface area contributed by atoms with E-state index >= 15 is 0 Å². The Kier molecular flexibility index (Phi) is 5.03. The van der Waals surface area contributed by atoms with E-state index in [1.54, 1.807) is 23.7 Å². The van der Waals surface area contributed by atoms with Gasteiger partial charge in [-0.1, -0.05) is 36.7 Å². The van der Waals surface area contributed by atoms with E-state index in [1.807, 2.05) is 31.2 Å². The van der Waals surface area contributed by atoms with Crippen LogP contribution in [0.4, 0.5) is 10.1 Å². The first-order valence-corrected chi connectivity index (χ1v) is 9.56. The van der Waals surface area contributed by atoms with Crippen molar-refractivity contribution in [3.05, 3.63) is 82.4 Å². The summed E-state index contributed by atoms with van der Waals surface area (Å²) in [5.41, 5.74) is 3.84. The van der Waals surface area contributed by atoms with Crippen molar-refractivity contribution >= 4 is 34.2 Å². The smallest absolute Gasteiger partial charge is 0.258 e. The van der Waals surface area contributed by atoms with Crippen molar-refractivity contribution in [3.8, 4) is 5.69 Å². The summed E-state index contributed by atoms with van der Waals surface area (Å²) in [6, 6.07) is 13.6. The summed E-state index contributed by atoms with van der Waals surface area (Å²) in [7, 11) is 0. The van der Waals surface area contributed by atoms with Crippen molar-refractivity contribution in [2.45, 2.75) is 20.3 Å². The van der Waals surface area contributed by atoms with Crippen LogP contribution >= 0.6 is 11.6 Å². The summed E-state index contributed by atoms with van der Waals surface area (Å²) in [5.74, 6) is -0.668. The number of nitrogens with one attached hydrogen (secondary N) is 1. The number of amides is 1. The zero-order valence-corrected chi connectivity index (χ0v) is 16.7. The first-order chi connectivity index (χ1) is 14.0. The number of carbonyl (C=O) groups is 1. The molecule has 0 aliphatic heterocycles. The number of aryl methyl sites for hydroxylation is 2. The lowest BCUT2D eigenvalue weighted by Gasteiger charge is -2.11. The number of aromatic nitrogens is 3. The van der Waals surface area contributed by atoms with E-state index in [1.165, 1.54) is 18.3 Å². The number of hydrogen-bond donors (Lipinski definition) is 1. The van der Waals surface area contributed by atoms with Gasteiger partial charge in [0.05, 0.1) is 27.4 Å². The van der Waals surface area contributed by atoms with Gasteiger partial charge in [0.1, 0.15) is 5.82 Å². The Morgan fingerprint density at radius 2 is 1.90 bits per heavy atom. The fourth-order valence-electron chi connectivity index (χ4n) is 3.27. The number of halogens is 2. The van der Waals surface area contributed by atoms with E-state index in [0.29, 0.717) is 22.4 Å². The van der Waals surface area contributed by atoms with E-state index in [4.69, 9.17) is 11.6 Å². The van der Waals surface area contributed by atoms with Crippen LogP contribution in [0, 0.1) is 12.7 Å². The van der Waals surface area contributed by atoms with Crippen LogP contribution in [0.2, 0.25) is 5.02 Å². The van der Waals surface area contributed by atoms with E-state index in [0.717, 1.165) is 17.7 Å². The molecule has 5 nitrogen and oxygen atoms in total. The van der Waals surface area contributed by atoms with Crippen molar-refractivity contribution < 1.29 is 9.18 Å². The van der Waals surface area contributed by atoms with E-state index < -0.39 is 0 Å². The Bertz CT molecular complexity index is 1220. The van der Waals surface area contributed by atoms with E-state index in [9.17, 15) is 9.18 Å². The predicted octanol–water partition coefficient (Wildman–Crippen LogP) is 5.34. The number of carbonyl (C=O) groups excluding carboxylic acids is 1. The monoisotopic (exact) mass is 408 g/mol. The number of hydrogen-bond acceptors (Lipinski definition) is 3. The molecule has 0 spiro atoms. The second-order valence-corrected chi connectivity index (χ2v) is 7.00. The maximum Gasteiger partial charge on any atom is 0.258 e. The van der Waals surface area contributed by atoms with Crippen molar-refractivity contribution in [2.75, 3.05) is 5.32 Å². The van der Waals surface area contributed by atoms with Crippen molar-refractivity contribution in [1.82, 2.24) is 14.8 Å². The Labute approximate surface area is 172 Å². The first-order valence-electron chi connectivity index (χ1n) is 9.18. The van der Waals surface area contributed by atoms with E-state index in [2.05, 4.69) is 15.4 Å². The summed E-state index contributed by atoms with van der Waals surface area (Å²) < 4.78 is 14.8. The van der Waals surface area contributed by atoms with Gasteiger partial charge in [-0.3, -0.25) is 4.79 Å².